The second kappa shape index (κ2) is 5.13. The van der Waals surface area contributed by atoms with Crippen molar-refractivity contribution in [1.82, 2.24) is 19.5 Å². The van der Waals surface area contributed by atoms with Gasteiger partial charge in [-0.05, 0) is 31.0 Å². The minimum Gasteiger partial charge on any atom is -0.476 e. The molecule has 2 aromatic heterocycles. The van der Waals surface area contributed by atoms with Crippen LogP contribution >= 0.6 is 11.6 Å². The van der Waals surface area contributed by atoms with Gasteiger partial charge >= 0.3 is 5.97 Å². The molecule has 25 heavy (non-hydrogen) atoms. The van der Waals surface area contributed by atoms with Gasteiger partial charge in [-0.1, -0.05) is 11.6 Å². The van der Waals surface area contributed by atoms with E-state index in [4.69, 9.17) is 11.6 Å². The van der Waals surface area contributed by atoms with E-state index < -0.39 is 5.97 Å². The first-order chi connectivity index (χ1) is 12.1. The van der Waals surface area contributed by atoms with Gasteiger partial charge in [-0.15, -0.1) is 0 Å². The fraction of sp³-hybridized carbons (Fsp3) is 0.222. The van der Waals surface area contributed by atoms with Crippen LogP contribution in [-0.2, 0) is 6.42 Å². The van der Waals surface area contributed by atoms with Gasteiger partial charge in [0.25, 0.3) is 0 Å². The van der Waals surface area contributed by atoms with Crippen molar-refractivity contribution in [3.63, 3.8) is 0 Å². The molecule has 0 unspecified atom stereocenters. The summed E-state index contributed by atoms with van der Waals surface area (Å²) in [6.07, 6.45) is 5.80. The van der Waals surface area contributed by atoms with Crippen molar-refractivity contribution in [3.8, 4) is 16.9 Å². The molecule has 0 saturated heterocycles. The van der Waals surface area contributed by atoms with Gasteiger partial charge < -0.3 is 5.11 Å². The highest BCUT2D eigenvalue weighted by Crippen LogP contribution is 2.44. The largest absolute Gasteiger partial charge is 0.476 e. The van der Waals surface area contributed by atoms with E-state index in [1.54, 1.807) is 6.07 Å². The zero-order valence-corrected chi connectivity index (χ0v) is 13.9. The maximum atomic E-state index is 11.7. The van der Waals surface area contributed by atoms with Crippen LogP contribution in [0.2, 0.25) is 5.02 Å². The van der Waals surface area contributed by atoms with Crippen LogP contribution in [-0.4, -0.2) is 30.6 Å². The maximum Gasteiger partial charge on any atom is 0.354 e. The Morgan fingerprint density at radius 3 is 2.84 bits per heavy atom. The average molecular weight is 353 g/mol. The molecule has 0 atom stereocenters. The molecule has 2 aliphatic rings. The molecule has 0 spiro atoms. The summed E-state index contributed by atoms with van der Waals surface area (Å²) in [5.74, 6) is 0.410. The molecule has 1 aromatic carbocycles. The Bertz CT molecular complexity index is 1040. The third-order valence-electron chi connectivity index (χ3n) is 4.77. The van der Waals surface area contributed by atoms with E-state index in [2.05, 4.69) is 19.5 Å². The van der Waals surface area contributed by atoms with E-state index in [0.717, 1.165) is 35.6 Å². The van der Waals surface area contributed by atoms with Gasteiger partial charge in [0.15, 0.2) is 5.69 Å². The summed E-state index contributed by atoms with van der Waals surface area (Å²) in [6, 6.07) is 5.58. The highest BCUT2D eigenvalue weighted by molar-refractivity contribution is 6.30. The van der Waals surface area contributed by atoms with Crippen LogP contribution in [0.25, 0.3) is 16.9 Å². The fourth-order valence-corrected chi connectivity index (χ4v) is 3.67. The molecule has 6 nitrogen and oxygen atoms in total. The third kappa shape index (κ3) is 2.17. The zero-order chi connectivity index (χ0) is 17.1. The molecule has 0 bridgehead atoms. The molecule has 1 aliphatic heterocycles. The minimum absolute atomic E-state index is 0.0357. The van der Waals surface area contributed by atoms with Crippen LogP contribution in [0.4, 0.5) is 0 Å². The van der Waals surface area contributed by atoms with Crippen molar-refractivity contribution in [3.05, 3.63) is 58.5 Å². The predicted molar refractivity (Wildman–Crippen MR) is 91.3 cm³/mol. The number of nitrogens with zero attached hydrogens (tertiary/aromatic N) is 4. The highest BCUT2D eigenvalue weighted by atomic mass is 35.5. The van der Waals surface area contributed by atoms with Crippen LogP contribution in [0.15, 0.2) is 30.7 Å². The van der Waals surface area contributed by atoms with Gasteiger partial charge in [-0.2, -0.15) is 0 Å². The van der Waals surface area contributed by atoms with Crippen LogP contribution in [0.5, 0.6) is 0 Å². The Kier molecular flexibility index (Phi) is 3.00. The average Bonchev–Trinajstić information content (AvgIpc) is 3.37. The number of hydrogen-bond acceptors (Lipinski definition) is 4. The molecule has 0 amide bonds. The van der Waals surface area contributed by atoms with Gasteiger partial charge in [0.05, 0.1) is 11.4 Å². The molecule has 1 N–H and O–H groups in total. The van der Waals surface area contributed by atoms with Crippen LogP contribution < -0.4 is 0 Å². The fourth-order valence-electron chi connectivity index (χ4n) is 3.50. The van der Waals surface area contributed by atoms with Crippen molar-refractivity contribution in [1.29, 1.82) is 0 Å². The van der Waals surface area contributed by atoms with Gasteiger partial charge in [-0.3, -0.25) is 4.57 Å². The normalized spacial score (nSPS) is 15.1. The molecule has 5 rings (SSSR count). The molecule has 3 aromatic rings. The molecule has 7 heteroatoms. The van der Waals surface area contributed by atoms with Crippen molar-refractivity contribution in [2.24, 2.45) is 0 Å². The smallest absolute Gasteiger partial charge is 0.354 e. The first-order valence-corrected chi connectivity index (χ1v) is 8.45. The minimum atomic E-state index is -1.05. The molecule has 124 valence electrons. The lowest BCUT2D eigenvalue weighted by molar-refractivity contribution is 0.0689. The Hall–Kier alpha value is -2.73. The lowest BCUT2D eigenvalue weighted by Gasteiger charge is -2.13. The summed E-state index contributed by atoms with van der Waals surface area (Å²) < 4.78 is 2.12. The number of aromatic nitrogens is 4. The molecule has 0 radical (unpaired) electrons. The summed E-state index contributed by atoms with van der Waals surface area (Å²) in [7, 11) is 0. The summed E-state index contributed by atoms with van der Waals surface area (Å²) >= 11 is 6.26. The summed E-state index contributed by atoms with van der Waals surface area (Å²) in [4.78, 5) is 24.6. The SMILES string of the molecule is O=C(O)c1ncnc2c1Cc1cnc(C3CC3)n1-c1cc(Cl)ccc1-2. The van der Waals surface area contributed by atoms with Gasteiger partial charge in [0.1, 0.15) is 12.2 Å². The number of carboxylic acid groups (broad SMARTS) is 1. The molecular weight excluding hydrogens is 340 g/mol. The number of benzene rings is 1. The van der Waals surface area contributed by atoms with Gasteiger partial charge in [-0.25, -0.2) is 19.7 Å². The maximum absolute atomic E-state index is 11.7. The van der Waals surface area contributed by atoms with E-state index in [1.807, 2.05) is 18.3 Å². The summed E-state index contributed by atoms with van der Waals surface area (Å²) in [6.45, 7) is 0. The first kappa shape index (κ1) is 14.6. The van der Waals surface area contributed by atoms with E-state index in [-0.39, 0.29) is 5.69 Å². The number of fused-ring (bicyclic) bond motifs is 5. The van der Waals surface area contributed by atoms with Gasteiger partial charge in [0, 0.05) is 40.4 Å². The number of halogens is 1. The Morgan fingerprint density at radius 1 is 1.24 bits per heavy atom. The van der Waals surface area contributed by atoms with Crippen molar-refractivity contribution >= 4 is 17.6 Å². The molecule has 3 heterocycles. The quantitative estimate of drug-likeness (QED) is 0.597. The van der Waals surface area contributed by atoms with Gasteiger partial charge in [0.2, 0.25) is 0 Å². The second-order valence-electron chi connectivity index (χ2n) is 6.41. The Balaban J connectivity index is 1.87. The Labute approximate surface area is 148 Å². The van der Waals surface area contributed by atoms with Crippen molar-refractivity contribution in [2.75, 3.05) is 0 Å². The number of imidazole rings is 1. The predicted octanol–water partition coefficient (Wildman–Crippen LogP) is 3.46. The van der Waals surface area contributed by atoms with Crippen LogP contribution in [0.1, 0.15) is 46.3 Å². The first-order valence-electron chi connectivity index (χ1n) is 8.07. The molecule has 1 saturated carbocycles. The van der Waals surface area contributed by atoms with E-state index >= 15 is 0 Å². The van der Waals surface area contributed by atoms with E-state index in [0.29, 0.717) is 28.6 Å². The number of hydrogen-bond donors (Lipinski definition) is 1. The lowest BCUT2D eigenvalue weighted by Crippen LogP contribution is -2.09. The van der Waals surface area contributed by atoms with Crippen LogP contribution in [0.3, 0.4) is 0 Å². The number of aromatic carboxylic acids is 1. The summed E-state index contributed by atoms with van der Waals surface area (Å²) in [5.41, 5.74) is 3.97. The third-order valence-corrected chi connectivity index (χ3v) is 5.00. The molecule has 1 aliphatic carbocycles. The lowest BCUT2D eigenvalue weighted by atomic mass is 10.0. The van der Waals surface area contributed by atoms with Crippen LogP contribution in [0, 0.1) is 0 Å². The molecular formula is C18H13ClN4O2. The van der Waals surface area contributed by atoms with E-state index in [9.17, 15) is 9.90 Å². The number of carboxylic acids is 1. The van der Waals surface area contributed by atoms with E-state index in [1.165, 1.54) is 6.33 Å². The molecule has 1 fully saturated rings. The highest BCUT2D eigenvalue weighted by Gasteiger charge is 2.33. The number of rotatable bonds is 2. The second-order valence-corrected chi connectivity index (χ2v) is 6.85. The zero-order valence-electron chi connectivity index (χ0n) is 13.1. The monoisotopic (exact) mass is 352 g/mol. The summed E-state index contributed by atoms with van der Waals surface area (Å²) in [5, 5.41) is 10.2. The Morgan fingerprint density at radius 2 is 2.08 bits per heavy atom. The number of carbonyl (C=O) groups is 1. The van der Waals surface area contributed by atoms with Crippen molar-refractivity contribution in [2.45, 2.75) is 25.2 Å². The standard InChI is InChI=1S/C18H13ClN4O2/c19-10-3-4-12-14(5-10)23-11(7-20-17(23)9-1-2-9)6-13-15(12)21-8-22-16(13)18(24)25/h3-5,7-9H,1-2,6H2,(H,24,25). The topological polar surface area (TPSA) is 80.9 Å². The van der Waals surface area contributed by atoms with Crippen molar-refractivity contribution < 1.29 is 9.90 Å².